The van der Waals surface area contributed by atoms with Crippen LogP contribution in [0.5, 0.6) is 0 Å². The molecule has 1 aliphatic heterocycles. The van der Waals surface area contributed by atoms with Crippen molar-refractivity contribution in [2.45, 2.75) is 13.5 Å². The van der Waals surface area contributed by atoms with Crippen molar-refractivity contribution in [2.24, 2.45) is 0 Å². The Balaban J connectivity index is 1.81. The molecule has 0 unspecified atom stereocenters. The molecule has 4 rings (SSSR count). The number of morpholine rings is 1. The largest absolute Gasteiger partial charge is 0.422 e. The van der Waals surface area contributed by atoms with Crippen molar-refractivity contribution >= 4 is 27.8 Å². The van der Waals surface area contributed by atoms with Crippen LogP contribution < -0.4 is 5.63 Å². The lowest BCUT2D eigenvalue weighted by Crippen LogP contribution is -2.42. The Morgan fingerprint density at radius 1 is 1.25 bits per heavy atom. The molecule has 0 saturated carbocycles. The monoisotopic (exact) mass is 327 g/mol. The van der Waals surface area contributed by atoms with Gasteiger partial charge in [0.1, 0.15) is 17.5 Å². The highest BCUT2D eigenvalue weighted by atomic mass is 16.5. The van der Waals surface area contributed by atoms with Crippen LogP contribution >= 0.6 is 0 Å². The first kappa shape index (κ1) is 14.9. The van der Waals surface area contributed by atoms with Crippen molar-refractivity contribution in [1.82, 2.24) is 14.7 Å². The van der Waals surface area contributed by atoms with Crippen LogP contribution in [0.1, 0.15) is 5.56 Å². The minimum Gasteiger partial charge on any atom is -0.422 e. The molecule has 0 N–H and O–H groups in total. The Bertz CT molecular complexity index is 983. The van der Waals surface area contributed by atoms with Crippen molar-refractivity contribution < 1.29 is 13.9 Å². The molecule has 1 amide bonds. The van der Waals surface area contributed by atoms with Gasteiger partial charge in [-0.1, -0.05) is 11.6 Å². The number of hydrogen-bond acceptors (Lipinski definition) is 5. The zero-order valence-electron chi connectivity index (χ0n) is 13.3. The van der Waals surface area contributed by atoms with E-state index in [1.807, 2.05) is 19.1 Å². The van der Waals surface area contributed by atoms with E-state index in [9.17, 15) is 9.59 Å². The van der Waals surface area contributed by atoms with E-state index in [1.54, 1.807) is 15.6 Å². The number of amides is 1. The fourth-order valence-electron chi connectivity index (χ4n) is 3.05. The average molecular weight is 327 g/mol. The summed E-state index contributed by atoms with van der Waals surface area (Å²) in [5.41, 5.74) is 1.75. The van der Waals surface area contributed by atoms with E-state index in [-0.39, 0.29) is 12.5 Å². The molecule has 3 heterocycles. The number of aromatic nitrogens is 2. The molecule has 1 fully saturated rings. The summed E-state index contributed by atoms with van der Waals surface area (Å²) in [5, 5.41) is 5.43. The third-order valence-corrected chi connectivity index (χ3v) is 4.30. The van der Waals surface area contributed by atoms with Crippen LogP contribution in [0.3, 0.4) is 0 Å². The molecule has 0 spiro atoms. The third kappa shape index (κ3) is 2.46. The molecule has 7 nitrogen and oxygen atoms in total. The number of aryl methyl sites for hydroxylation is 1. The van der Waals surface area contributed by atoms with Gasteiger partial charge in [-0.25, -0.2) is 4.79 Å². The Morgan fingerprint density at radius 2 is 2.04 bits per heavy atom. The van der Waals surface area contributed by atoms with E-state index in [0.717, 1.165) is 10.9 Å². The first-order chi connectivity index (χ1) is 11.6. The first-order valence-electron chi connectivity index (χ1n) is 7.88. The first-order valence-corrected chi connectivity index (χ1v) is 7.88. The van der Waals surface area contributed by atoms with Gasteiger partial charge in [0.25, 0.3) is 0 Å². The van der Waals surface area contributed by atoms with E-state index < -0.39 is 5.63 Å². The van der Waals surface area contributed by atoms with Gasteiger partial charge in [-0.2, -0.15) is 5.10 Å². The second-order valence-electron chi connectivity index (χ2n) is 5.95. The van der Waals surface area contributed by atoms with Gasteiger partial charge in [0, 0.05) is 18.5 Å². The highest BCUT2D eigenvalue weighted by Crippen LogP contribution is 2.23. The van der Waals surface area contributed by atoms with Gasteiger partial charge in [0.2, 0.25) is 5.91 Å². The quantitative estimate of drug-likeness (QED) is 0.663. The topological polar surface area (TPSA) is 77.6 Å². The third-order valence-electron chi connectivity index (χ3n) is 4.30. The van der Waals surface area contributed by atoms with E-state index in [2.05, 4.69) is 5.10 Å². The summed E-state index contributed by atoms with van der Waals surface area (Å²) in [6.45, 7) is 4.33. The van der Waals surface area contributed by atoms with Crippen LogP contribution in [0, 0.1) is 6.92 Å². The lowest BCUT2D eigenvalue weighted by atomic mass is 10.1. The van der Waals surface area contributed by atoms with Crippen LogP contribution in [0.15, 0.2) is 33.6 Å². The minimum absolute atomic E-state index is 0.0302. The predicted molar refractivity (Wildman–Crippen MR) is 87.9 cm³/mol. The number of ether oxygens (including phenoxy) is 1. The number of fused-ring (bicyclic) bond motifs is 3. The minimum atomic E-state index is -0.438. The highest BCUT2D eigenvalue weighted by molar-refractivity contribution is 6.02. The number of benzene rings is 1. The molecule has 0 aliphatic carbocycles. The fraction of sp³-hybridized carbons (Fsp3) is 0.353. The Morgan fingerprint density at radius 3 is 2.83 bits per heavy atom. The van der Waals surface area contributed by atoms with Crippen molar-refractivity contribution in [1.29, 1.82) is 0 Å². The molecule has 1 aliphatic rings. The predicted octanol–water partition coefficient (Wildman–Crippen LogP) is 1.31. The number of carbonyl (C=O) groups is 1. The summed E-state index contributed by atoms with van der Waals surface area (Å²) in [6.07, 6.45) is 1.47. The van der Waals surface area contributed by atoms with Gasteiger partial charge in [-0.15, -0.1) is 0 Å². The summed E-state index contributed by atoms with van der Waals surface area (Å²) >= 11 is 0. The molecule has 124 valence electrons. The zero-order valence-corrected chi connectivity index (χ0v) is 13.3. The molecule has 24 heavy (non-hydrogen) atoms. The van der Waals surface area contributed by atoms with Crippen LogP contribution in [0.4, 0.5) is 0 Å². The van der Waals surface area contributed by atoms with Gasteiger partial charge in [0.15, 0.2) is 0 Å². The number of nitrogens with zero attached hydrogens (tertiary/aromatic N) is 3. The maximum Gasteiger partial charge on any atom is 0.347 e. The van der Waals surface area contributed by atoms with Crippen LogP contribution in [-0.2, 0) is 16.1 Å². The summed E-state index contributed by atoms with van der Waals surface area (Å²) in [6, 6.07) is 5.60. The van der Waals surface area contributed by atoms with Gasteiger partial charge >= 0.3 is 5.63 Å². The molecule has 2 aromatic heterocycles. The molecule has 0 bridgehead atoms. The zero-order chi connectivity index (χ0) is 16.7. The molecule has 1 saturated heterocycles. The smallest absolute Gasteiger partial charge is 0.347 e. The molecule has 7 heteroatoms. The fourth-order valence-corrected chi connectivity index (χ4v) is 3.05. The lowest BCUT2D eigenvalue weighted by Gasteiger charge is -2.26. The van der Waals surface area contributed by atoms with E-state index in [0.29, 0.717) is 42.8 Å². The summed E-state index contributed by atoms with van der Waals surface area (Å²) < 4.78 is 12.2. The number of rotatable bonds is 2. The number of hydrogen-bond donors (Lipinski definition) is 0. The summed E-state index contributed by atoms with van der Waals surface area (Å²) in [4.78, 5) is 26.4. The Kier molecular flexibility index (Phi) is 3.57. The average Bonchev–Trinajstić information content (AvgIpc) is 3.01. The molecular weight excluding hydrogens is 310 g/mol. The van der Waals surface area contributed by atoms with Crippen molar-refractivity contribution in [3.05, 3.63) is 40.4 Å². The molecule has 0 radical (unpaired) electrons. The second kappa shape index (κ2) is 5.76. The van der Waals surface area contributed by atoms with Gasteiger partial charge in [0.05, 0.1) is 24.9 Å². The van der Waals surface area contributed by atoms with Gasteiger partial charge in [-0.3, -0.25) is 9.48 Å². The van der Waals surface area contributed by atoms with Gasteiger partial charge < -0.3 is 14.1 Å². The molecule has 0 atom stereocenters. The van der Waals surface area contributed by atoms with E-state index >= 15 is 0 Å². The van der Waals surface area contributed by atoms with Crippen molar-refractivity contribution in [2.75, 3.05) is 26.3 Å². The lowest BCUT2D eigenvalue weighted by molar-refractivity contribution is -0.136. The SMILES string of the molecule is Cc1ccc2oc(=O)c3cnn(CC(=O)N4CCOCC4)c3c2c1. The molecular formula is C17H17N3O4. The maximum absolute atomic E-state index is 12.5. The summed E-state index contributed by atoms with van der Waals surface area (Å²) in [7, 11) is 0. The normalized spacial score (nSPS) is 15.3. The molecule has 3 aromatic rings. The maximum atomic E-state index is 12.5. The van der Waals surface area contributed by atoms with Crippen LogP contribution in [0.2, 0.25) is 0 Å². The Labute approximate surface area is 137 Å². The van der Waals surface area contributed by atoms with Crippen molar-refractivity contribution in [3.8, 4) is 0 Å². The molecule has 1 aromatic carbocycles. The van der Waals surface area contributed by atoms with Crippen molar-refractivity contribution in [3.63, 3.8) is 0 Å². The second-order valence-corrected chi connectivity index (χ2v) is 5.95. The Hall–Kier alpha value is -2.67. The van der Waals surface area contributed by atoms with Crippen LogP contribution in [0.25, 0.3) is 21.9 Å². The van der Waals surface area contributed by atoms with Crippen LogP contribution in [-0.4, -0.2) is 46.9 Å². The summed E-state index contributed by atoms with van der Waals surface area (Å²) in [5.74, 6) is -0.0302. The van der Waals surface area contributed by atoms with Gasteiger partial charge in [-0.05, 0) is 19.1 Å². The number of carbonyl (C=O) groups excluding carboxylic acids is 1. The van der Waals surface area contributed by atoms with E-state index in [1.165, 1.54) is 6.20 Å². The van der Waals surface area contributed by atoms with E-state index in [4.69, 9.17) is 9.15 Å². The standard InChI is InChI=1S/C17H17N3O4/c1-11-2-3-14-12(8-11)16-13(17(22)24-14)9-18-20(16)10-15(21)19-4-6-23-7-5-19/h2-3,8-9H,4-7,10H2,1H3. The highest BCUT2D eigenvalue weighted by Gasteiger charge is 2.20.